The Morgan fingerprint density at radius 3 is 2.65 bits per heavy atom. The molecule has 2 aromatic rings. The molecular formula is C15H18BrN3O. The first-order valence-electron chi connectivity index (χ1n) is 7.00. The first-order valence-corrected chi connectivity index (χ1v) is 7.80. The maximum Gasteiger partial charge on any atom is 0.169 e. The molecule has 2 aromatic heterocycles. The molecule has 0 spiro atoms. The van der Waals surface area contributed by atoms with Crippen molar-refractivity contribution in [2.75, 3.05) is 23.3 Å². The second kappa shape index (κ2) is 6.31. The molecule has 106 valence electrons. The summed E-state index contributed by atoms with van der Waals surface area (Å²) >= 11 is 3.30. The lowest BCUT2D eigenvalue weighted by Gasteiger charge is -2.27. The average Bonchev–Trinajstić information content (AvgIpc) is 2.92. The van der Waals surface area contributed by atoms with Gasteiger partial charge in [-0.3, -0.25) is 0 Å². The van der Waals surface area contributed by atoms with Crippen LogP contribution in [0.25, 0.3) is 0 Å². The number of furan rings is 1. The number of nitrogens with zero attached hydrogens (tertiary/aromatic N) is 2. The van der Waals surface area contributed by atoms with Crippen molar-refractivity contribution < 1.29 is 4.42 Å². The highest BCUT2D eigenvalue weighted by atomic mass is 79.9. The fraction of sp³-hybridized carbons (Fsp3) is 0.400. The van der Waals surface area contributed by atoms with Crippen LogP contribution in [-0.2, 0) is 6.54 Å². The van der Waals surface area contributed by atoms with Crippen LogP contribution in [0.4, 0.5) is 11.5 Å². The molecule has 0 bridgehead atoms. The topological polar surface area (TPSA) is 41.3 Å². The Bertz CT molecular complexity index is 547. The molecule has 0 atom stereocenters. The zero-order valence-corrected chi connectivity index (χ0v) is 12.9. The molecule has 5 heteroatoms. The minimum atomic E-state index is 0.663. The van der Waals surface area contributed by atoms with Crippen LogP contribution in [-0.4, -0.2) is 18.1 Å². The van der Waals surface area contributed by atoms with E-state index in [1.54, 1.807) is 0 Å². The molecule has 1 fully saturated rings. The van der Waals surface area contributed by atoms with Gasteiger partial charge in [-0.15, -0.1) is 0 Å². The number of hydrogen-bond acceptors (Lipinski definition) is 4. The summed E-state index contributed by atoms with van der Waals surface area (Å²) in [4.78, 5) is 6.90. The quantitative estimate of drug-likeness (QED) is 0.915. The maximum absolute atomic E-state index is 5.45. The van der Waals surface area contributed by atoms with E-state index >= 15 is 0 Å². The predicted octanol–water partition coefficient (Wildman–Crippen LogP) is 4.04. The summed E-state index contributed by atoms with van der Waals surface area (Å²) in [6.07, 6.45) is 5.78. The Hall–Kier alpha value is -1.49. The molecule has 0 unspecified atom stereocenters. The van der Waals surface area contributed by atoms with Gasteiger partial charge in [-0.1, -0.05) is 0 Å². The molecule has 1 aliphatic heterocycles. The van der Waals surface area contributed by atoms with E-state index in [2.05, 4.69) is 43.3 Å². The van der Waals surface area contributed by atoms with Gasteiger partial charge in [-0.2, -0.15) is 0 Å². The van der Waals surface area contributed by atoms with E-state index in [0.717, 1.165) is 35.0 Å². The highest BCUT2D eigenvalue weighted by molar-refractivity contribution is 9.10. The van der Waals surface area contributed by atoms with Crippen LogP contribution in [0.15, 0.2) is 39.5 Å². The molecule has 1 aliphatic rings. The Balaban J connectivity index is 1.58. The van der Waals surface area contributed by atoms with Gasteiger partial charge in [0.15, 0.2) is 4.67 Å². The molecule has 0 saturated carbocycles. The largest absolute Gasteiger partial charge is 0.452 e. The smallest absolute Gasteiger partial charge is 0.169 e. The second-order valence-electron chi connectivity index (χ2n) is 5.01. The molecule has 3 rings (SSSR count). The zero-order chi connectivity index (χ0) is 13.8. The van der Waals surface area contributed by atoms with Crippen LogP contribution in [0.1, 0.15) is 25.0 Å². The van der Waals surface area contributed by atoms with E-state index in [4.69, 9.17) is 4.42 Å². The van der Waals surface area contributed by atoms with E-state index in [1.165, 1.54) is 19.3 Å². The Kier molecular flexibility index (Phi) is 4.25. The number of piperidine rings is 1. The van der Waals surface area contributed by atoms with Crippen molar-refractivity contribution in [2.24, 2.45) is 0 Å². The Morgan fingerprint density at radius 2 is 2.00 bits per heavy atom. The lowest BCUT2D eigenvalue weighted by molar-refractivity contribution is 0.495. The number of pyridine rings is 1. The van der Waals surface area contributed by atoms with Crippen LogP contribution < -0.4 is 10.2 Å². The fourth-order valence-electron chi connectivity index (χ4n) is 2.44. The lowest BCUT2D eigenvalue weighted by Crippen LogP contribution is -2.30. The third-order valence-electron chi connectivity index (χ3n) is 3.52. The van der Waals surface area contributed by atoms with Gasteiger partial charge < -0.3 is 14.6 Å². The molecule has 1 N–H and O–H groups in total. The summed E-state index contributed by atoms with van der Waals surface area (Å²) in [7, 11) is 0. The second-order valence-corrected chi connectivity index (χ2v) is 5.79. The summed E-state index contributed by atoms with van der Waals surface area (Å²) in [5.74, 6) is 1.98. The maximum atomic E-state index is 5.45. The molecule has 0 aliphatic carbocycles. The molecule has 0 radical (unpaired) electrons. The highest BCUT2D eigenvalue weighted by Gasteiger charge is 2.11. The van der Waals surface area contributed by atoms with Crippen LogP contribution >= 0.6 is 15.9 Å². The molecule has 3 heterocycles. The fourth-order valence-corrected chi connectivity index (χ4v) is 2.78. The van der Waals surface area contributed by atoms with Crippen molar-refractivity contribution in [2.45, 2.75) is 25.8 Å². The van der Waals surface area contributed by atoms with Crippen LogP contribution in [0.3, 0.4) is 0 Å². The highest BCUT2D eigenvalue weighted by Crippen LogP contribution is 2.20. The number of halogens is 1. The van der Waals surface area contributed by atoms with Gasteiger partial charge in [-0.05, 0) is 59.5 Å². The van der Waals surface area contributed by atoms with E-state index in [9.17, 15) is 0 Å². The first-order chi connectivity index (χ1) is 9.81. The van der Waals surface area contributed by atoms with Gasteiger partial charge in [0.2, 0.25) is 0 Å². The van der Waals surface area contributed by atoms with Crippen LogP contribution in [0.2, 0.25) is 0 Å². The number of aromatic nitrogens is 1. The van der Waals surface area contributed by atoms with Gasteiger partial charge in [0.25, 0.3) is 0 Å². The number of anilines is 2. The minimum absolute atomic E-state index is 0.663. The third-order valence-corrected chi connectivity index (χ3v) is 3.95. The van der Waals surface area contributed by atoms with Crippen molar-refractivity contribution in [3.8, 4) is 0 Å². The lowest BCUT2D eigenvalue weighted by atomic mass is 10.1. The number of rotatable bonds is 4. The third kappa shape index (κ3) is 3.33. The van der Waals surface area contributed by atoms with E-state index < -0.39 is 0 Å². The molecule has 4 nitrogen and oxygen atoms in total. The predicted molar refractivity (Wildman–Crippen MR) is 84.0 cm³/mol. The van der Waals surface area contributed by atoms with Gasteiger partial charge in [0.1, 0.15) is 11.6 Å². The zero-order valence-electron chi connectivity index (χ0n) is 11.3. The summed E-state index contributed by atoms with van der Waals surface area (Å²) in [6.45, 7) is 2.91. The molecule has 0 amide bonds. The molecule has 0 aromatic carbocycles. The average molecular weight is 336 g/mol. The SMILES string of the molecule is Brc1ccc(CNc2ccc(N3CCCCC3)nc2)o1. The molecule has 20 heavy (non-hydrogen) atoms. The summed E-state index contributed by atoms with van der Waals surface area (Å²) < 4.78 is 6.21. The van der Waals surface area contributed by atoms with Crippen LogP contribution in [0.5, 0.6) is 0 Å². The van der Waals surface area contributed by atoms with E-state index in [-0.39, 0.29) is 0 Å². The van der Waals surface area contributed by atoms with Crippen molar-refractivity contribution in [3.05, 3.63) is 40.9 Å². The number of hydrogen-bond donors (Lipinski definition) is 1. The molecular weight excluding hydrogens is 318 g/mol. The van der Waals surface area contributed by atoms with Crippen molar-refractivity contribution in [1.82, 2.24) is 4.98 Å². The van der Waals surface area contributed by atoms with Gasteiger partial charge in [0.05, 0.1) is 18.4 Å². The number of nitrogens with one attached hydrogen (secondary N) is 1. The molecule has 1 saturated heterocycles. The standard InChI is InChI=1S/C15H18BrN3O/c16-14-6-5-13(20-14)11-17-12-4-7-15(18-10-12)19-8-2-1-3-9-19/h4-7,10,17H,1-3,8-9,11H2. The van der Waals surface area contributed by atoms with Crippen molar-refractivity contribution >= 4 is 27.4 Å². The first kappa shape index (κ1) is 13.5. The van der Waals surface area contributed by atoms with Crippen LogP contribution in [0, 0.1) is 0 Å². The van der Waals surface area contributed by atoms with Gasteiger partial charge in [0, 0.05) is 13.1 Å². The van der Waals surface area contributed by atoms with E-state index in [1.807, 2.05) is 18.3 Å². The normalized spacial score (nSPS) is 15.3. The van der Waals surface area contributed by atoms with Gasteiger partial charge in [-0.25, -0.2) is 4.98 Å². The van der Waals surface area contributed by atoms with Gasteiger partial charge >= 0.3 is 0 Å². The summed E-state index contributed by atoms with van der Waals surface area (Å²) in [5.41, 5.74) is 1.01. The Labute approximate surface area is 127 Å². The van der Waals surface area contributed by atoms with Crippen molar-refractivity contribution in [1.29, 1.82) is 0 Å². The Morgan fingerprint density at radius 1 is 1.15 bits per heavy atom. The van der Waals surface area contributed by atoms with E-state index in [0.29, 0.717) is 6.54 Å². The minimum Gasteiger partial charge on any atom is -0.452 e. The summed E-state index contributed by atoms with van der Waals surface area (Å²) in [5, 5.41) is 3.31. The monoisotopic (exact) mass is 335 g/mol. The summed E-state index contributed by atoms with van der Waals surface area (Å²) in [6, 6.07) is 8.02. The van der Waals surface area contributed by atoms with Crippen molar-refractivity contribution in [3.63, 3.8) is 0 Å².